The Labute approximate surface area is 235 Å². The van der Waals surface area contributed by atoms with Crippen molar-refractivity contribution in [3.63, 3.8) is 0 Å². The third-order valence-electron chi connectivity index (χ3n) is 6.87. The van der Waals surface area contributed by atoms with E-state index in [9.17, 15) is 4.79 Å². The predicted octanol–water partition coefficient (Wildman–Crippen LogP) is 5.49. The molecule has 7 heteroatoms. The van der Waals surface area contributed by atoms with Gasteiger partial charge < -0.3 is 23.8 Å². The number of rotatable bonds is 17. The molecule has 1 aliphatic rings. The van der Waals surface area contributed by atoms with Gasteiger partial charge in [0.25, 0.3) is 0 Å². The SMILES string of the molecule is C[C@@H]1Cc2ccc(OCCCCc3ccccn3)cc2CN(CCOCCOCCOCCC(C)(C)C)C1=O. The molecule has 1 atom stereocenters. The fourth-order valence-electron chi connectivity index (χ4n) is 4.48. The lowest BCUT2D eigenvalue weighted by Gasteiger charge is -2.23. The molecule has 0 aliphatic carbocycles. The molecule has 1 aromatic heterocycles. The number of benzene rings is 1. The molecule has 1 aromatic carbocycles. The maximum atomic E-state index is 13.0. The average molecular weight is 541 g/mol. The lowest BCUT2D eigenvalue weighted by Crippen LogP contribution is -2.36. The van der Waals surface area contributed by atoms with Gasteiger partial charge in [0.15, 0.2) is 0 Å². The molecule has 0 radical (unpaired) electrons. The van der Waals surface area contributed by atoms with Crippen LogP contribution in [0.25, 0.3) is 0 Å². The maximum absolute atomic E-state index is 13.0. The van der Waals surface area contributed by atoms with Crippen molar-refractivity contribution in [3.8, 4) is 5.75 Å². The second-order valence-electron chi connectivity index (χ2n) is 11.6. The van der Waals surface area contributed by atoms with Crippen LogP contribution < -0.4 is 4.74 Å². The molecule has 1 amide bonds. The summed E-state index contributed by atoms with van der Waals surface area (Å²) in [6.07, 6.45) is 6.60. The van der Waals surface area contributed by atoms with Gasteiger partial charge in [0.2, 0.25) is 5.91 Å². The van der Waals surface area contributed by atoms with Crippen molar-refractivity contribution in [2.24, 2.45) is 11.3 Å². The zero-order valence-electron chi connectivity index (χ0n) is 24.5. The van der Waals surface area contributed by atoms with Crippen LogP contribution in [0.5, 0.6) is 5.75 Å². The molecule has 2 heterocycles. The van der Waals surface area contributed by atoms with E-state index in [1.165, 1.54) is 5.56 Å². The molecule has 39 heavy (non-hydrogen) atoms. The maximum Gasteiger partial charge on any atom is 0.226 e. The van der Waals surface area contributed by atoms with Crippen LogP contribution >= 0.6 is 0 Å². The highest BCUT2D eigenvalue weighted by Gasteiger charge is 2.26. The van der Waals surface area contributed by atoms with Gasteiger partial charge in [-0.05, 0) is 72.9 Å². The minimum absolute atomic E-state index is 0.0498. The Hall–Kier alpha value is -2.48. The zero-order valence-corrected chi connectivity index (χ0v) is 24.5. The van der Waals surface area contributed by atoms with Crippen LogP contribution in [0.1, 0.15) is 63.8 Å². The molecule has 0 bridgehead atoms. The summed E-state index contributed by atoms with van der Waals surface area (Å²) in [5.41, 5.74) is 3.79. The van der Waals surface area contributed by atoms with Crippen LogP contribution in [0.4, 0.5) is 0 Å². The second-order valence-corrected chi connectivity index (χ2v) is 11.6. The van der Waals surface area contributed by atoms with E-state index in [1.54, 1.807) is 0 Å². The number of amides is 1. The van der Waals surface area contributed by atoms with Crippen LogP contribution in [-0.4, -0.2) is 68.6 Å². The number of carbonyl (C=O) groups excluding carboxylic acids is 1. The smallest absolute Gasteiger partial charge is 0.226 e. The van der Waals surface area contributed by atoms with Crippen molar-refractivity contribution in [1.82, 2.24) is 9.88 Å². The van der Waals surface area contributed by atoms with Crippen LogP contribution in [0.2, 0.25) is 0 Å². The van der Waals surface area contributed by atoms with E-state index in [0.29, 0.717) is 58.1 Å². The Kier molecular flexibility index (Phi) is 13.2. The Bertz CT molecular complexity index is 976. The number of ether oxygens (including phenoxy) is 4. The van der Waals surface area contributed by atoms with E-state index in [1.807, 2.05) is 36.2 Å². The molecule has 1 aliphatic heterocycles. The van der Waals surface area contributed by atoms with Gasteiger partial charge in [-0.3, -0.25) is 9.78 Å². The second kappa shape index (κ2) is 16.6. The van der Waals surface area contributed by atoms with Crippen molar-refractivity contribution in [2.75, 3.05) is 52.8 Å². The number of nitrogens with zero attached hydrogens (tertiary/aromatic N) is 2. The number of carbonyl (C=O) groups is 1. The van der Waals surface area contributed by atoms with Gasteiger partial charge in [-0.2, -0.15) is 0 Å². The zero-order chi connectivity index (χ0) is 27.9. The average Bonchev–Trinajstić information content (AvgIpc) is 3.02. The van der Waals surface area contributed by atoms with Gasteiger partial charge in [-0.1, -0.05) is 39.8 Å². The fourth-order valence-corrected chi connectivity index (χ4v) is 4.48. The van der Waals surface area contributed by atoms with Crippen molar-refractivity contribution < 1.29 is 23.7 Å². The monoisotopic (exact) mass is 540 g/mol. The quantitative estimate of drug-likeness (QED) is 0.247. The lowest BCUT2D eigenvalue weighted by molar-refractivity contribution is -0.136. The molecule has 0 unspecified atom stereocenters. The number of fused-ring (bicyclic) bond motifs is 1. The Balaban J connectivity index is 1.34. The minimum atomic E-state index is -0.0498. The molecule has 0 saturated heterocycles. The topological polar surface area (TPSA) is 70.1 Å². The first-order valence-electron chi connectivity index (χ1n) is 14.5. The molecular weight excluding hydrogens is 492 g/mol. The van der Waals surface area contributed by atoms with Gasteiger partial charge in [0.1, 0.15) is 5.75 Å². The molecule has 2 aromatic rings. The highest BCUT2D eigenvalue weighted by atomic mass is 16.5. The number of hydrogen-bond donors (Lipinski definition) is 0. The summed E-state index contributed by atoms with van der Waals surface area (Å²) in [5, 5.41) is 0. The molecule has 0 saturated carbocycles. The van der Waals surface area contributed by atoms with Crippen molar-refractivity contribution >= 4 is 5.91 Å². The minimum Gasteiger partial charge on any atom is -0.494 e. The summed E-state index contributed by atoms with van der Waals surface area (Å²) >= 11 is 0. The van der Waals surface area contributed by atoms with E-state index in [0.717, 1.165) is 55.7 Å². The molecule has 216 valence electrons. The molecule has 3 rings (SSSR count). The number of unbranched alkanes of at least 4 members (excludes halogenated alkanes) is 1. The summed E-state index contributed by atoms with van der Waals surface area (Å²) in [4.78, 5) is 19.3. The van der Waals surface area contributed by atoms with Crippen LogP contribution in [0.15, 0.2) is 42.6 Å². The van der Waals surface area contributed by atoms with Crippen LogP contribution in [0, 0.1) is 11.3 Å². The Morgan fingerprint density at radius 2 is 1.64 bits per heavy atom. The fraction of sp³-hybridized carbons (Fsp3) is 0.625. The van der Waals surface area contributed by atoms with E-state index in [2.05, 4.69) is 44.0 Å². The van der Waals surface area contributed by atoms with E-state index in [-0.39, 0.29) is 11.8 Å². The summed E-state index contributed by atoms with van der Waals surface area (Å²) < 4.78 is 23.0. The van der Waals surface area contributed by atoms with Crippen molar-refractivity contribution in [1.29, 1.82) is 0 Å². The van der Waals surface area contributed by atoms with Gasteiger partial charge in [0, 0.05) is 37.5 Å². The van der Waals surface area contributed by atoms with E-state index >= 15 is 0 Å². The normalized spacial score (nSPS) is 15.7. The highest BCUT2D eigenvalue weighted by molar-refractivity contribution is 5.79. The van der Waals surface area contributed by atoms with Crippen molar-refractivity contribution in [2.45, 2.75) is 66.3 Å². The summed E-state index contributed by atoms with van der Waals surface area (Å²) in [7, 11) is 0. The molecule has 7 nitrogen and oxygen atoms in total. The standard InChI is InChI=1S/C32H48N2O5/c1-26-23-27-11-12-30(39-16-8-6-10-29-9-5-7-14-33-29)24-28(27)25-34(31(26)35)15-18-37-20-22-38-21-19-36-17-13-32(2,3)4/h5,7,9,11-12,14,24,26H,6,8,10,13,15-23,25H2,1-4H3/t26-/m1/s1. The Morgan fingerprint density at radius 1 is 0.897 bits per heavy atom. The summed E-state index contributed by atoms with van der Waals surface area (Å²) in [5.74, 6) is 0.992. The van der Waals surface area contributed by atoms with Crippen LogP contribution in [0.3, 0.4) is 0 Å². The first-order chi connectivity index (χ1) is 18.8. The third-order valence-corrected chi connectivity index (χ3v) is 6.87. The van der Waals surface area contributed by atoms with E-state index in [4.69, 9.17) is 18.9 Å². The lowest BCUT2D eigenvalue weighted by atomic mass is 9.93. The van der Waals surface area contributed by atoms with Gasteiger partial charge in [-0.25, -0.2) is 0 Å². The Morgan fingerprint density at radius 3 is 2.36 bits per heavy atom. The third kappa shape index (κ3) is 12.1. The van der Waals surface area contributed by atoms with Gasteiger partial charge in [0.05, 0.1) is 39.6 Å². The molecule has 0 fully saturated rings. The molecule has 0 N–H and O–H groups in total. The predicted molar refractivity (Wildman–Crippen MR) is 154 cm³/mol. The number of aryl methyl sites for hydroxylation is 1. The van der Waals surface area contributed by atoms with Crippen molar-refractivity contribution in [3.05, 3.63) is 59.4 Å². The summed E-state index contributed by atoms with van der Waals surface area (Å²) in [6.45, 7) is 13.9. The number of aromatic nitrogens is 1. The molecule has 0 spiro atoms. The summed E-state index contributed by atoms with van der Waals surface area (Å²) in [6, 6.07) is 12.3. The van der Waals surface area contributed by atoms with E-state index < -0.39 is 0 Å². The van der Waals surface area contributed by atoms with Crippen LogP contribution in [-0.2, 0) is 38.4 Å². The molecular formula is C32H48N2O5. The highest BCUT2D eigenvalue weighted by Crippen LogP contribution is 2.26. The number of hydrogen-bond acceptors (Lipinski definition) is 6. The first kappa shape index (κ1) is 31.1. The van der Waals surface area contributed by atoms with Gasteiger partial charge >= 0.3 is 0 Å². The largest absolute Gasteiger partial charge is 0.494 e. The first-order valence-corrected chi connectivity index (χ1v) is 14.5. The number of pyridine rings is 1. The van der Waals surface area contributed by atoms with Gasteiger partial charge in [-0.15, -0.1) is 0 Å².